The predicted octanol–water partition coefficient (Wildman–Crippen LogP) is 0.581. The third-order valence-electron chi connectivity index (χ3n) is 5.64. The summed E-state index contributed by atoms with van der Waals surface area (Å²) < 4.78 is 5.03. The van der Waals surface area contributed by atoms with Gasteiger partial charge in [-0.05, 0) is 51.4 Å². The first-order valence-corrected chi connectivity index (χ1v) is 8.66. The molecule has 0 heterocycles. The van der Waals surface area contributed by atoms with Crippen LogP contribution in [0.15, 0.2) is 0 Å². The van der Waals surface area contributed by atoms with Crippen LogP contribution < -0.4 is 10.6 Å². The van der Waals surface area contributed by atoms with Crippen molar-refractivity contribution in [2.75, 3.05) is 6.54 Å². The number of hydrogen-bond donors (Lipinski definition) is 4. The number of carbonyl (C=O) groups is 4. The van der Waals surface area contributed by atoms with Crippen molar-refractivity contribution < 1.29 is 34.1 Å². The van der Waals surface area contributed by atoms with Crippen LogP contribution in [0.5, 0.6) is 0 Å². The van der Waals surface area contributed by atoms with Gasteiger partial charge in [-0.1, -0.05) is 0 Å². The van der Waals surface area contributed by atoms with Gasteiger partial charge in [0.05, 0.1) is 5.92 Å². The topological polar surface area (TPSA) is 142 Å². The molecule has 0 saturated heterocycles. The maximum atomic E-state index is 12.3. The van der Waals surface area contributed by atoms with Gasteiger partial charge in [0.1, 0.15) is 17.7 Å². The first kappa shape index (κ1) is 18.5. The molecule has 3 aliphatic rings. The molecule has 3 aliphatic carbocycles. The first-order chi connectivity index (χ1) is 11.9. The molecule has 1 spiro atoms. The summed E-state index contributed by atoms with van der Waals surface area (Å²) >= 11 is 0. The fraction of sp³-hybridized carbons (Fsp3) is 0.765. The number of nitrogens with one attached hydrogen (secondary N) is 2. The molecule has 0 aromatic heterocycles. The lowest BCUT2D eigenvalue weighted by Crippen LogP contribution is -2.58. The first-order valence-electron chi connectivity index (χ1n) is 8.66. The molecular weight excluding hydrogens is 344 g/mol. The molecule has 0 bridgehead atoms. The Bertz CT molecular complexity index is 679. The minimum atomic E-state index is -1.59. The van der Waals surface area contributed by atoms with Gasteiger partial charge in [0.15, 0.2) is 0 Å². The highest BCUT2D eigenvalue weighted by Gasteiger charge is 2.82. The van der Waals surface area contributed by atoms with E-state index in [1.54, 1.807) is 20.8 Å². The molecule has 9 nitrogen and oxygen atoms in total. The summed E-state index contributed by atoms with van der Waals surface area (Å²) in [4.78, 5) is 47.3. The van der Waals surface area contributed by atoms with Crippen LogP contribution in [-0.4, -0.2) is 51.8 Å². The van der Waals surface area contributed by atoms with E-state index in [1.165, 1.54) is 0 Å². The largest absolute Gasteiger partial charge is 0.481 e. The van der Waals surface area contributed by atoms with Crippen molar-refractivity contribution in [1.29, 1.82) is 0 Å². The minimum absolute atomic E-state index is 0.199. The third-order valence-corrected chi connectivity index (χ3v) is 5.64. The Kier molecular flexibility index (Phi) is 3.97. The summed E-state index contributed by atoms with van der Waals surface area (Å²) in [5.41, 5.74) is -2.59. The van der Waals surface area contributed by atoms with Gasteiger partial charge in [0, 0.05) is 5.92 Å². The van der Waals surface area contributed by atoms with Gasteiger partial charge >= 0.3 is 18.0 Å². The van der Waals surface area contributed by atoms with E-state index in [9.17, 15) is 29.4 Å². The van der Waals surface area contributed by atoms with E-state index < -0.39 is 53.5 Å². The molecule has 3 rings (SSSR count). The number of carboxylic acid groups (broad SMARTS) is 2. The van der Waals surface area contributed by atoms with Gasteiger partial charge in [-0.25, -0.2) is 9.59 Å². The number of aliphatic carboxylic acids is 2. The standard InChI is InChI=1S/C17H24N2O7/c1-15(2,3)26-14(25)18-6-8(20)19-17(13(23)24)7-16(4-5-16)10-9(11(10)17)12(21)22/h9-11H,4-7H2,1-3H3,(H,18,25)(H,19,20)(H,21,22)(H,23,24)/t9-,10-,11+,17-/m0/s1. The van der Waals surface area contributed by atoms with E-state index >= 15 is 0 Å². The van der Waals surface area contributed by atoms with E-state index in [0.717, 1.165) is 12.8 Å². The summed E-state index contributed by atoms with van der Waals surface area (Å²) in [7, 11) is 0. The molecule has 4 N–H and O–H groups in total. The number of amides is 2. The fourth-order valence-electron chi connectivity index (χ4n) is 4.61. The van der Waals surface area contributed by atoms with Crippen molar-refractivity contribution in [1.82, 2.24) is 10.6 Å². The maximum Gasteiger partial charge on any atom is 0.408 e. The van der Waals surface area contributed by atoms with Crippen molar-refractivity contribution in [3.8, 4) is 0 Å². The number of fused-ring (bicyclic) bond motifs is 2. The molecule has 0 aliphatic heterocycles. The zero-order chi connectivity index (χ0) is 19.5. The van der Waals surface area contributed by atoms with Crippen LogP contribution >= 0.6 is 0 Å². The van der Waals surface area contributed by atoms with E-state index in [0.29, 0.717) is 0 Å². The van der Waals surface area contributed by atoms with Gasteiger partial charge in [0.2, 0.25) is 5.91 Å². The van der Waals surface area contributed by atoms with Gasteiger partial charge in [-0.2, -0.15) is 0 Å². The highest BCUT2D eigenvalue weighted by Crippen LogP contribution is 2.78. The molecule has 2 amide bonds. The summed E-state index contributed by atoms with van der Waals surface area (Å²) in [5, 5.41) is 23.9. The number of carboxylic acids is 2. The Morgan fingerprint density at radius 2 is 1.73 bits per heavy atom. The number of ether oxygens (including phenoxy) is 1. The van der Waals surface area contributed by atoms with Crippen molar-refractivity contribution in [2.45, 2.75) is 51.2 Å². The average Bonchev–Trinajstić information content (AvgIpc) is 3.34. The maximum absolute atomic E-state index is 12.3. The molecule has 0 aromatic carbocycles. The van der Waals surface area contributed by atoms with Crippen LogP contribution in [0.2, 0.25) is 0 Å². The Hall–Kier alpha value is -2.32. The summed E-state index contributed by atoms with van der Waals surface area (Å²) in [6, 6.07) is 0. The lowest BCUT2D eigenvalue weighted by atomic mass is 9.85. The monoisotopic (exact) mass is 368 g/mol. The van der Waals surface area contributed by atoms with Gasteiger partial charge in [-0.3, -0.25) is 9.59 Å². The van der Waals surface area contributed by atoms with Crippen molar-refractivity contribution >= 4 is 23.9 Å². The van der Waals surface area contributed by atoms with E-state index in [1.807, 2.05) is 0 Å². The molecule has 0 unspecified atom stereocenters. The van der Waals surface area contributed by atoms with Crippen molar-refractivity contribution in [2.24, 2.45) is 23.2 Å². The molecule has 0 radical (unpaired) electrons. The molecule has 4 atom stereocenters. The van der Waals surface area contributed by atoms with Crippen LogP contribution in [0.1, 0.15) is 40.0 Å². The molecule has 144 valence electrons. The minimum Gasteiger partial charge on any atom is -0.481 e. The Labute approximate surface area is 150 Å². The number of hydrogen-bond acceptors (Lipinski definition) is 5. The molecule has 3 saturated carbocycles. The lowest BCUT2D eigenvalue weighted by Gasteiger charge is -2.30. The van der Waals surface area contributed by atoms with Crippen LogP contribution in [0.4, 0.5) is 4.79 Å². The van der Waals surface area contributed by atoms with Crippen molar-refractivity contribution in [3.63, 3.8) is 0 Å². The predicted molar refractivity (Wildman–Crippen MR) is 87.1 cm³/mol. The highest BCUT2D eigenvalue weighted by molar-refractivity contribution is 5.92. The number of carbonyl (C=O) groups excluding carboxylic acids is 2. The summed E-state index contributed by atoms with van der Waals surface area (Å²) in [6.07, 6.45) is 1.04. The van der Waals surface area contributed by atoms with Gasteiger partial charge < -0.3 is 25.6 Å². The fourth-order valence-corrected chi connectivity index (χ4v) is 4.61. The Morgan fingerprint density at radius 1 is 1.12 bits per heavy atom. The Balaban J connectivity index is 1.66. The lowest BCUT2D eigenvalue weighted by molar-refractivity contribution is -0.150. The number of rotatable bonds is 5. The number of alkyl carbamates (subject to hydrolysis) is 1. The Morgan fingerprint density at radius 3 is 2.19 bits per heavy atom. The van der Waals surface area contributed by atoms with E-state index in [4.69, 9.17) is 4.74 Å². The van der Waals surface area contributed by atoms with E-state index in [-0.39, 0.29) is 17.8 Å². The third kappa shape index (κ3) is 2.99. The molecule has 26 heavy (non-hydrogen) atoms. The molecular formula is C17H24N2O7. The van der Waals surface area contributed by atoms with E-state index in [2.05, 4.69) is 10.6 Å². The summed E-state index contributed by atoms with van der Waals surface area (Å²) in [6.45, 7) is 4.60. The quantitative estimate of drug-likeness (QED) is 0.556. The smallest absolute Gasteiger partial charge is 0.408 e. The van der Waals surface area contributed by atoms with Gasteiger partial charge in [0.25, 0.3) is 0 Å². The zero-order valence-electron chi connectivity index (χ0n) is 15.0. The van der Waals surface area contributed by atoms with Crippen molar-refractivity contribution in [3.05, 3.63) is 0 Å². The van der Waals surface area contributed by atoms with Crippen LogP contribution in [0, 0.1) is 23.2 Å². The molecule has 9 heteroatoms. The normalized spacial score (nSPS) is 33.1. The summed E-state index contributed by atoms with van der Waals surface area (Å²) in [5.74, 6) is -4.45. The average molecular weight is 368 g/mol. The van der Waals surface area contributed by atoms with Crippen LogP contribution in [-0.2, 0) is 19.1 Å². The second-order valence-corrected chi connectivity index (χ2v) is 8.63. The zero-order valence-corrected chi connectivity index (χ0v) is 15.0. The van der Waals surface area contributed by atoms with Crippen LogP contribution in [0.25, 0.3) is 0 Å². The second kappa shape index (κ2) is 5.59. The highest BCUT2D eigenvalue weighted by atomic mass is 16.6. The molecule has 0 aromatic rings. The SMILES string of the molecule is CC(C)(C)OC(=O)NCC(=O)N[C@@]1(C(=O)O)CC2(CC2)[C@H]2[C@H](C(=O)O)[C@H]21. The van der Waals surface area contributed by atoms with Crippen LogP contribution in [0.3, 0.4) is 0 Å². The second-order valence-electron chi connectivity index (χ2n) is 8.63. The van der Waals surface area contributed by atoms with Gasteiger partial charge in [-0.15, -0.1) is 0 Å². The molecule has 3 fully saturated rings.